The van der Waals surface area contributed by atoms with Gasteiger partial charge in [-0.05, 0) is 39.3 Å². The van der Waals surface area contributed by atoms with Gasteiger partial charge in [-0.3, -0.25) is 4.79 Å². The first-order chi connectivity index (χ1) is 7.94. The van der Waals surface area contributed by atoms with Gasteiger partial charge in [0.15, 0.2) is 0 Å². The van der Waals surface area contributed by atoms with Gasteiger partial charge in [-0.25, -0.2) is 4.98 Å². The molecule has 0 aromatic carbocycles. The maximum Gasteiger partial charge on any atom is 0.233 e. The van der Waals surface area contributed by atoms with E-state index in [0.29, 0.717) is 0 Å². The van der Waals surface area contributed by atoms with Crippen LogP contribution < -0.4 is 5.32 Å². The third-order valence-corrected chi connectivity index (χ3v) is 3.70. The summed E-state index contributed by atoms with van der Waals surface area (Å²) >= 11 is 1.48. The average Bonchev–Trinajstić information content (AvgIpc) is 2.30. The van der Waals surface area contributed by atoms with Crippen LogP contribution in [0, 0.1) is 0 Å². The summed E-state index contributed by atoms with van der Waals surface area (Å²) in [4.78, 5) is 16.2. The van der Waals surface area contributed by atoms with Crippen molar-refractivity contribution >= 4 is 17.7 Å². The van der Waals surface area contributed by atoms with Gasteiger partial charge in [0.05, 0.1) is 10.3 Å². The molecule has 1 N–H and O–H groups in total. The van der Waals surface area contributed by atoms with Gasteiger partial charge in [-0.1, -0.05) is 24.8 Å². The maximum atomic E-state index is 12.0. The van der Waals surface area contributed by atoms with Crippen LogP contribution in [0.2, 0.25) is 0 Å². The normalized spacial score (nSPS) is 13.2. The molecule has 4 heteroatoms. The molecule has 1 rings (SSSR count). The molecular formula is C13H20N2OS. The number of hydrogen-bond acceptors (Lipinski definition) is 3. The topological polar surface area (TPSA) is 42.0 Å². The highest BCUT2D eigenvalue weighted by Crippen LogP contribution is 2.21. The van der Waals surface area contributed by atoms with Crippen molar-refractivity contribution in [2.24, 2.45) is 0 Å². The van der Waals surface area contributed by atoms with Crippen molar-refractivity contribution in [3.8, 4) is 0 Å². The van der Waals surface area contributed by atoms with Crippen LogP contribution in [0.25, 0.3) is 0 Å². The summed E-state index contributed by atoms with van der Waals surface area (Å²) in [6, 6.07) is 5.71. The van der Waals surface area contributed by atoms with Gasteiger partial charge < -0.3 is 5.32 Å². The van der Waals surface area contributed by atoms with Crippen molar-refractivity contribution in [2.75, 3.05) is 0 Å². The Bertz CT molecular complexity index is 365. The number of pyridine rings is 1. The molecule has 1 amide bonds. The van der Waals surface area contributed by atoms with Gasteiger partial charge >= 0.3 is 0 Å². The molecule has 0 aliphatic heterocycles. The zero-order valence-electron chi connectivity index (χ0n) is 10.9. The van der Waals surface area contributed by atoms with Crippen LogP contribution in [0.5, 0.6) is 0 Å². The summed E-state index contributed by atoms with van der Waals surface area (Å²) < 4.78 is 0. The van der Waals surface area contributed by atoms with Crippen molar-refractivity contribution in [3.63, 3.8) is 0 Å². The van der Waals surface area contributed by atoms with Gasteiger partial charge in [-0.15, -0.1) is 0 Å². The third-order valence-electron chi connectivity index (χ3n) is 2.65. The zero-order valence-corrected chi connectivity index (χ0v) is 11.7. The number of aromatic nitrogens is 1. The van der Waals surface area contributed by atoms with E-state index in [4.69, 9.17) is 0 Å². The molecule has 0 saturated heterocycles. The van der Waals surface area contributed by atoms with Crippen LogP contribution in [-0.4, -0.2) is 21.7 Å². The molecule has 0 spiro atoms. The van der Waals surface area contributed by atoms with Crippen molar-refractivity contribution < 1.29 is 4.79 Å². The number of hydrogen-bond donors (Lipinski definition) is 1. The van der Waals surface area contributed by atoms with Gasteiger partial charge in [0.25, 0.3) is 0 Å². The minimum Gasteiger partial charge on any atom is -0.350 e. The van der Waals surface area contributed by atoms with Crippen LogP contribution in [0.1, 0.15) is 34.1 Å². The first kappa shape index (κ1) is 14.0. The highest BCUT2D eigenvalue weighted by molar-refractivity contribution is 8.00. The van der Waals surface area contributed by atoms with Gasteiger partial charge in [0.2, 0.25) is 5.91 Å². The van der Waals surface area contributed by atoms with Crippen LogP contribution >= 0.6 is 11.8 Å². The molecule has 1 atom stereocenters. The van der Waals surface area contributed by atoms with E-state index in [-0.39, 0.29) is 16.7 Å². The van der Waals surface area contributed by atoms with Gasteiger partial charge in [-0.2, -0.15) is 0 Å². The van der Waals surface area contributed by atoms with Crippen molar-refractivity contribution in [2.45, 2.75) is 49.9 Å². The highest BCUT2D eigenvalue weighted by Gasteiger charge is 2.22. The molecule has 0 saturated carbocycles. The number of nitrogens with zero attached hydrogens (tertiary/aromatic N) is 1. The summed E-state index contributed by atoms with van der Waals surface area (Å²) in [6.45, 7) is 8.03. The average molecular weight is 252 g/mol. The fourth-order valence-electron chi connectivity index (χ4n) is 1.17. The van der Waals surface area contributed by atoms with E-state index in [9.17, 15) is 4.79 Å². The van der Waals surface area contributed by atoms with Crippen LogP contribution in [0.4, 0.5) is 0 Å². The second kappa shape index (κ2) is 6.05. The molecule has 0 radical (unpaired) electrons. The van der Waals surface area contributed by atoms with Crippen LogP contribution in [0.3, 0.4) is 0 Å². The molecule has 0 aliphatic rings. The fraction of sp³-hybridized carbons (Fsp3) is 0.538. The highest BCUT2D eigenvalue weighted by atomic mass is 32.2. The Kier molecular flexibility index (Phi) is 5.00. The summed E-state index contributed by atoms with van der Waals surface area (Å²) in [5.74, 6) is 0.0625. The monoisotopic (exact) mass is 252 g/mol. The quantitative estimate of drug-likeness (QED) is 0.819. The lowest BCUT2D eigenvalue weighted by Gasteiger charge is -2.26. The number of rotatable bonds is 5. The molecule has 0 fully saturated rings. The predicted octanol–water partition coefficient (Wildman–Crippen LogP) is 2.87. The molecular weight excluding hydrogens is 232 g/mol. The predicted molar refractivity (Wildman–Crippen MR) is 72.1 cm³/mol. The Balaban J connectivity index is 2.54. The number of thioether (sulfide) groups is 1. The van der Waals surface area contributed by atoms with Crippen molar-refractivity contribution in [1.82, 2.24) is 10.3 Å². The third kappa shape index (κ3) is 4.77. The second-order valence-corrected chi connectivity index (χ2v) is 6.02. The van der Waals surface area contributed by atoms with E-state index in [1.807, 2.05) is 39.0 Å². The minimum absolute atomic E-state index is 0.0625. The molecule has 1 aromatic heterocycles. The Hall–Kier alpha value is -1.03. The Morgan fingerprint density at radius 3 is 2.76 bits per heavy atom. The maximum absolute atomic E-state index is 12.0. The van der Waals surface area contributed by atoms with E-state index in [0.717, 1.165) is 11.4 Å². The van der Waals surface area contributed by atoms with E-state index >= 15 is 0 Å². The molecule has 1 heterocycles. The number of amides is 1. The first-order valence-corrected chi connectivity index (χ1v) is 6.72. The van der Waals surface area contributed by atoms with Gasteiger partial charge in [0.1, 0.15) is 0 Å². The zero-order chi connectivity index (χ0) is 12.9. The summed E-state index contributed by atoms with van der Waals surface area (Å²) in [5, 5.41) is 3.79. The largest absolute Gasteiger partial charge is 0.350 e. The lowest BCUT2D eigenvalue weighted by Crippen LogP contribution is -2.46. The van der Waals surface area contributed by atoms with Crippen molar-refractivity contribution in [3.05, 3.63) is 24.4 Å². The molecule has 3 nitrogen and oxygen atoms in total. The molecule has 1 unspecified atom stereocenters. The number of carbonyl (C=O) groups excluding carboxylic acids is 1. The minimum atomic E-state index is -0.143. The Labute approximate surface area is 107 Å². The summed E-state index contributed by atoms with van der Waals surface area (Å²) in [5.41, 5.74) is -0.143. The van der Waals surface area contributed by atoms with Crippen LogP contribution in [0.15, 0.2) is 29.4 Å². The Morgan fingerprint density at radius 1 is 1.53 bits per heavy atom. The summed E-state index contributed by atoms with van der Waals surface area (Å²) in [6.07, 6.45) is 2.66. The fourth-order valence-corrected chi connectivity index (χ4v) is 1.98. The SMILES string of the molecule is CCC(C)(C)NC(=O)C(C)Sc1ccccn1. The van der Waals surface area contributed by atoms with Crippen molar-refractivity contribution in [1.29, 1.82) is 0 Å². The Morgan fingerprint density at radius 2 is 2.24 bits per heavy atom. The second-order valence-electron chi connectivity index (χ2n) is 4.65. The lowest BCUT2D eigenvalue weighted by molar-refractivity contribution is -0.121. The molecule has 0 bridgehead atoms. The van der Waals surface area contributed by atoms with E-state index < -0.39 is 0 Å². The molecule has 1 aromatic rings. The first-order valence-electron chi connectivity index (χ1n) is 5.84. The smallest absolute Gasteiger partial charge is 0.233 e. The summed E-state index contributed by atoms with van der Waals surface area (Å²) in [7, 11) is 0. The van der Waals surface area contributed by atoms with Gasteiger partial charge in [0, 0.05) is 11.7 Å². The molecule has 94 valence electrons. The van der Waals surface area contributed by atoms with E-state index in [1.165, 1.54) is 11.8 Å². The lowest BCUT2D eigenvalue weighted by atomic mass is 10.0. The van der Waals surface area contributed by atoms with E-state index in [2.05, 4.69) is 17.2 Å². The standard InChI is InChI=1S/C13H20N2OS/c1-5-13(3,4)15-12(16)10(2)17-11-8-6-7-9-14-11/h6-10H,5H2,1-4H3,(H,15,16). The number of nitrogens with one attached hydrogen (secondary N) is 1. The molecule has 17 heavy (non-hydrogen) atoms. The molecule has 0 aliphatic carbocycles. The van der Waals surface area contributed by atoms with Crippen LogP contribution in [-0.2, 0) is 4.79 Å². The number of carbonyl (C=O) groups is 1. The van der Waals surface area contributed by atoms with E-state index in [1.54, 1.807) is 6.20 Å².